The molecular weight excluding hydrogens is 386 g/mol. The Bertz CT molecular complexity index is 1050. The summed E-state index contributed by atoms with van der Waals surface area (Å²) in [5.74, 6) is 0.122. The van der Waals surface area contributed by atoms with Crippen LogP contribution in [0.5, 0.6) is 0 Å². The second-order valence-corrected chi connectivity index (χ2v) is 8.69. The molecule has 0 saturated heterocycles. The molecule has 2 heterocycles. The molecule has 2 aliphatic rings. The summed E-state index contributed by atoms with van der Waals surface area (Å²) in [7, 11) is -3.41. The fourth-order valence-corrected chi connectivity index (χ4v) is 4.40. The lowest BCUT2D eigenvalue weighted by Crippen LogP contribution is -2.38. The first-order valence-electron chi connectivity index (χ1n) is 9.39. The minimum absolute atomic E-state index is 0.0340. The molecule has 0 aliphatic carbocycles. The highest BCUT2D eigenvalue weighted by molar-refractivity contribution is 7.90. The van der Waals surface area contributed by atoms with E-state index in [4.69, 9.17) is 0 Å². The summed E-state index contributed by atoms with van der Waals surface area (Å²) in [6.45, 7) is 0.742. The maximum absolute atomic E-state index is 12.8. The highest BCUT2D eigenvalue weighted by Gasteiger charge is 2.25. The number of nitrogens with zero attached hydrogens (tertiary/aromatic N) is 2. The fourth-order valence-electron chi connectivity index (χ4n) is 3.43. The van der Waals surface area contributed by atoms with E-state index in [-0.39, 0.29) is 17.6 Å². The van der Waals surface area contributed by atoms with E-state index in [9.17, 15) is 13.2 Å². The topological polar surface area (TPSA) is 78.8 Å². The molecule has 2 aromatic rings. The molecule has 6 nitrogen and oxygen atoms in total. The number of hydrogen-bond acceptors (Lipinski definition) is 4. The summed E-state index contributed by atoms with van der Waals surface area (Å²) < 4.78 is 27.0. The van der Waals surface area contributed by atoms with Gasteiger partial charge in [-0.3, -0.25) is 4.79 Å². The lowest BCUT2D eigenvalue weighted by Gasteiger charge is -2.27. The molecule has 148 valence electrons. The third kappa shape index (κ3) is 4.46. The Morgan fingerprint density at radius 1 is 1.00 bits per heavy atom. The van der Waals surface area contributed by atoms with Crippen LogP contribution in [0.2, 0.25) is 0 Å². The van der Waals surface area contributed by atoms with E-state index in [2.05, 4.69) is 34.0 Å². The van der Waals surface area contributed by atoms with E-state index in [0.29, 0.717) is 24.5 Å². The van der Waals surface area contributed by atoms with Crippen LogP contribution in [0.3, 0.4) is 0 Å². The van der Waals surface area contributed by atoms with Gasteiger partial charge in [0, 0.05) is 25.2 Å². The fraction of sp³-hybridized carbons (Fsp3) is 0.182. The third-order valence-corrected chi connectivity index (χ3v) is 6.12. The zero-order valence-corrected chi connectivity index (χ0v) is 16.5. The second-order valence-electron chi connectivity index (χ2n) is 6.93. The van der Waals surface area contributed by atoms with Crippen LogP contribution in [0.25, 0.3) is 0 Å². The second kappa shape index (κ2) is 8.05. The van der Waals surface area contributed by atoms with Crippen LogP contribution in [-0.4, -0.2) is 43.9 Å². The number of hydrogen-bond donors (Lipinski definition) is 1. The monoisotopic (exact) mass is 407 g/mol. The van der Waals surface area contributed by atoms with Crippen LogP contribution in [0, 0.1) is 0 Å². The number of rotatable bonds is 5. The predicted molar refractivity (Wildman–Crippen MR) is 113 cm³/mol. The predicted octanol–water partition coefficient (Wildman–Crippen LogP) is 2.43. The maximum atomic E-state index is 12.8. The van der Waals surface area contributed by atoms with Crippen molar-refractivity contribution in [3.63, 3.8) is 0 Å². The summed E-state index contributed by atoms with van der Waals surface area (Å²) in [4.78, 5) is 14.4. The van der Waals surface area contributed by atoms with Crippen molar-refractivity contribution >= 4 is 21.8 Å². The van der Waals surface area contributed by atoms with E-state index in [1.165, 1.54) is 0 Å². The van der Waals surface area contributed by atoms with Gasteiger partial charge < -0.3 is 10.2 Å². The van der Waals surface area contributed by atoms with Gasteiger partial charge >= 0.3 is 0 Å². The molecule has 0 saturated carbocycles. The maximum Gasteiger partial charge on any atom is 0.256 e. The normalized spacial score (nSPS) is 17.3. The third-order valence-electron chi connectivity index (χ3n) is 4.96. The smallest absolute Gasteiger partial charge is 0.256 e. The van der Waals surface area contributed by atoms with Crippen LogP contribution in [0.1, 0.15) is 17.0 Å². The Morgan fingerprint density at radius 3 is 2.24 bits per heavy atom. The number of amidine groups is 1. The van der Waals surface area contributed by atoms with E-state index in [0.717, 1.165) is 11.1 Å². The van der Waals surface area contributed by atoms with Crippen molar-refractivity contribution in [3.05, 3.63) is 95.7 Å². The first-order chi connectivity index (χ1) is 14.0. The molecule has 2 aliphatic heterocycles. The zero-order valence-electron chi connectivity index (χ0n) is 15.7. The highest BCUT2D eigenvalue weighted by Crippen LogP contribution is 2.24. The Hall–Kier alpha value is -3.19. The van der Waals surface area contributed by atoms with Gasteiger partial charge in [0.25, 0.3) is 15.9 Å². The van der Waals surface area contributed by atoms with E-state index in [1.807, 2.05) is 36.4 Å². The number of carbonyl (C=O) groups is 1. The van der Waals surface area contributed by atoms with Crippen molar-refractivity contribution in [2.75, 3.05) is 18.8 Å². The van der Waals surface area contributed by atoms with Crippen molar-refractivity contribution in [1.82, 2.24) is 10.2 Å². The lowest BCUT2D eigenvalue weighted by atomic mass is 9.91. The van der Waals surface area contributed by atoms with Crippen molar-refractivity contribution in [3.8, 4) is 0 Å². The van der Waals surface area contributed by atoms with Crippen LogP contribution in [0.15, 0.2) is 89.0 Å². The Labute approximate surface area is 170 Å². The molecular formula is C22H21N3O3S. The van der Waals surface area contributed by atoms with Gasteiger partial charge in [-0.1, -0.05) is 60.7 Å². The number of carbonyl (C=O) groups excluding carboxylic acids is 1. The highest BCUT2D eigenvalue weighted by atomic mass is 32.2. The minimum Gasteiger partial charge on any atom is -0.351 e. The van der Waals surface area contributed by atoms with Gasteiger partial charge in [-0.25, -0.2) is 8.42 Å². The molecule has 7 heteroatoms. The standard InChI is InChI=1S/C22H21N3O3S/c26-22(19-11-12-21-24-29(27,28)14-13-25(21)16-19)23-15-20(17-7-3-1-4-8-17)18-9-5-2-6-10-18/h1-12,16,20H,13-15H2,(H,23,26). The molecule has 0 atom stereocenters. The van der Waals surface area contributed by atoms with Gasteiger partial charge in [-0.2, -0.15) is 0 Å². The van der Waals surface area contributed by atoms with Gasteiger partial charge in [-0.15, -0.1) is 4.40 Å². The van der Waals surface area contributed by atoms with E-state index in [1.54, 1.807) is 23.3 Å². The molecule has 1 amide bonds. The number of sulfonamides is 1. The van der Waals surface area contributed by atoms with Crippen molar-refractivity contribution < 1.29 is 13.2 Å². The molecule has 0 bridgehead atoms. The molecule has 29 heavy (non-hydrogen) atoms. The molecule has 0 aromatic heterocycles. The first kappa shape index (κ1) is 19.1. The van der Waals surface area contributed by atoms with Gasteiger partial charge in [0.1, 0.15) is 5.84 Å². The first-order valence-corrected chi connectivity index (χ1v) is 11.0. The number of amides is 1. The van der Waals surface area contributed by atoms with Gasteiger partial charge in [0.15, 0.2) is 0 Å². The molecule has 0 fully saturated rings. The molecule has 0 spiro atoms. The van der Waals surface area contributed by atoms with Gasteiger partial charge in [-0.05, 0) is 23.3 Å². The summed E-state index contributed by atoms with van der Waals surface area (Å²) in [6, 6.07) is 20.1. The van der Waals surface area contributed by atoms with Crippen LogP contribution in [-0.2, 0) is 14.8 Å². The largest absolute Gasteiger partial charge is 0.351 e. The van der Waals surface area contributed by atoms with E-state index >= 15 is 0 Å². The molecule has 2 aromatic carbocycles. The lowest BCUT2D eigenvalue weighted by molar-refractivity contribution is -0.117. The minimum atomic E-state index is -3.41. The SMILES string of the molecule is O=C(NCC(c1ccccc1)c1ccccc1)C1=CN2CCS(=O)(=O)N=C2C=C1. The van der Waals surface area contributed by atoms with Crippen LogP contribution < -0.4 is 5.32 Å². The Morgan fingerprint density at radius 2 is 1.62 bits per heavy atom. The summed E-state index contributed by atoms with van der Waals surface area (Å²) >= 11 is 0. The zero-order chi connectivity index (χ0) is 20.3. The van der Waals surface area contributed by atoms with Gasteiger partial charge in [0.2, 0.25) is 0 Å². The van der Waals surface area contributed by atoms with Crippen molar-refractivity contribution in [1.29, 1.82) is 0 Å². The summed E-state index contributed by atoms with van der Waals surface area (Å²) in [5.41, 5.74) is 2.73. The van der Waals surface area contributed by atoms with Gasteiger partial charge in [0.05, 0.1) is 11.3 Å². The average molecular weight is 407 g/mol. The number of fused-ring (bicyclic) bond motifs is 1. The van der Waals surface area contributed by atoms with Crippen molar-refractivity contribution in [2.45, 2.75) is 5.92 Å². The average Bonchev–Trinajstić information content (AvgIpc) is 2.74. The Balaban J connectivity index is 1.49. The number of nitrogens with one attached hydrogen (secondary N) is 1. The molecule has 4 rings (SSSR count). The van der Waals surface area contributed by atoms with Crippen LogP contribution >= 0.6 is 0 Å². The van der Waals surface area contributed by atoms with Crippen LogP contribution in [0.4, 0.5) is 0 Å². The summed E-state index contributed by atoms with van der Waals surface area (Å²) in [5, 5.41) is 3.02. The molecule has 0 radical (unpaired) electrons. The molecule has 1 N–H and O–H groups in total. The van der Waals surface area contributed by atoms with E-state index < -0.39 is 10.0 Å². The Kier molecular flexibility index (Phi) is 5.31. The van der Waals surface area contributed by atoms with Crippen molar-refractivity contribution in [2.24, 2.45) is 4.40 Å². The quantitative estimate of drug-likeness (QED) is 0.826. The number of benzene rings is 2. The molecule has 0 unspecified atom stereocenters. The summed E-state index contributed by atoms with van der Waals surface area (Å²) in [6.07, 6.45) is 4.83.